The molecule has 0 unspecified atom stereocenters. The van der Waals surface area contributed by atoms with E-state index in [1.54, 1.807) is 6.07 Å². The van der Waals surface area contributed by atoms with Crippen molar-refractivity contribution in [2.75, 3.05) is 0 Å². The maximum Gasteiger partial charge on any atom is 0.417 e. The van der Waals surface area contributed by atoms with E-state index in [1.165, 1.54) is 6.92 Å². The fourth-order valence-corrected chi connectivity index (χ4v) is 4.26. The van der Waals surface area contributed by atoms with Gasteiger partial charge in [0.15, 0.2) is 0 Å². The van der Waals surface area contributed by atoms with Gasteiger partial charge in [0.25, 0.3) is 5.91 Å². The average molecular weight is 449 g/mol. The molecule has 11 heteroatoms. The van der Waals surface area contributed by atoms with Gasteiger partial charge in [-0.25, -0.2) is 4.98 Å². The number of amides is 1. The number of rotatable bonds is 6. The maximum absolute atomic E-state index is 13.2. The first-order valence-electron chi connectivity index (χ1n) is 8.54. The Morgan fingerprint density at radius 3 is 2.67 bits per heavy atom. The molecule has 0 saturated carbocycles. The molecular formula is C19H14F3N5OS2. The highest BCUT2D eigenvalue weighted by atomic mass is 32.2. The van der Waals surface area contributed by atoms with Crippen molar-refractivity contribution in [2.24, 2.45) is 0 Å². The summed E-state index contributed by atoms with van der Waals surface area (Å²) >= 11 is 1.98. The van der Waals surface area contributed by atoms with Crippen LogP contribution in [0.2, 0.25) is 0 Å². The van der Waals surface area contributed by atoms with Gasteiger partial charge in [0.1, 0.15) is 16.1 Å². The van der Waals surface area contributed by atoms with E-state index in [0.717, 1.165) is 34.7 Å². The maximum atomic E-state index is 13.2. The Morgan fingerprint density at radius 1 is 1.27 bits per heavy atom. The molecule has 0 aliphatic heterocycles. The van der Waals surface area contributed by atoms with Gasteiger partial charge in [0.05, 0.1) is 16.9 Å². The minimum absolute atomic E-state index is 0.0323. The van der Waals surface area contributed by atoms with Gasteiger partial charge in [-0.1, -0.05) is 53.4 Å². The van der Waals surface area contributed by atoms with Crippen LogP contribution in [-0.4, -0.2) is 21.1 Å². The average Bonchev–Trinajstić information content (AvgIpc) is 3.19. The first kappa shape index (κ1) is 21.7. The van der Waals surface area contributed by atoms with Crippen molar-refractivity contribution < 1.29 is 18.0 Å². The van der Waals surface area contributed by atoms with Crippen LogP contribution in [0.1, 0.15) is 37.2 Å². The van der Waals surface area contributed by atoms with E-state index in [4.69, 9.17) is 0 Å². The zero-order valence-corrected chi connectivity index (χ0v) is 17.2. The molecule has 2 heterocycles. The molecule has 154 valence electrons. The first-order chi connectivity index (χ1) is 14.3. The molecule has 2 aromatic heterocycles. The Morgan fingerprint density at radius 2 is 2.00 bits per heavy atom. The number of benzene rings is 1. The number of aryl methyl sites for hydroxylation is 1. The van der Waals surface area contributed by atoms with Gasteiger partial charge in [0.2, 0.25) is 5.01 Å². The van der Waals surface area contributed by atoms with Crippen LogP contribution in [-0.2, 0) is 18.5 Å². The van der Waals surface area contributed by atoms with Crippen LogP contribution in [0.3, 0.4) is 0 Å². The molecule has 0 saturated heterocycles. The number of aromatic nitrogens is 3. The summed E-state index contributed by atoms with van der Waals surface area (Å²) in [4.78, 5) is 16.3. The largest absolute Gasteiger partial charge is 0.417 e. The number of nitriles is 1. The third-order valence-electron chi connectivity index (χ3n) is 3.82. The van der Waals surface area contributed by atoms with Crippen LogP contribution < -0.4 is 5.32 Å². The summed E-state index contributed by atoms with van der Waals surface area (Å²) in [5.74, 6) is -0.259. The molecule has 0 spiro atoms. The zero-order chi connectivity index (χ0) is 21.7. The molecule has 0 bridgehead atoms. The Bertz CT molecular complexity index is 1090. The number of hydrogen-bond acceptors (Lipinski definition) is 7. The molecular weight excluding hydrogens is 435 g/mol. The summed E-state index contributed by atoms with van der Waals surface area (Å²) < 4.78 is 39.6. The van der Waals surface area contributed by atoms with Crippen LogP contribution in [0.5, 0.6) is 0 Å². The first-order valence-corrected chi connectivity index (χ1v) is 10.3. The van der Waals surface area contributed by atoms with Gasteiger partial charge in [-0.05, 0) is 18.6 Å². The zero-order valence-electron chi connectivity index (χ0n) is 15.5. The molecule has 0 aliphatic carbocycles. The van der Waals surface area contributed by atoms with Gasteiger partial charge >= 0.3 is 6.18 Å². The number of halogens is 3. The summed E-state index contributed by atoms with van der Waals surface area (Å²) in [5, 5.41) is 20.2. The molecule has 3 aromatic rings. The van der Waals surface area contributed by atoms with Gasteiger partial charge in [0, 0.05) is 12.2 Å². The van der Waals surface area contributed by atoms with Crippen molar-refractivity contribution in [3.63, 3.8) is 0 Å². The summed E-state index contributed by atoms with van der Waals surface area (Å²) in [6.07, 6.45) is -4.65. The van der Waals surface area contributed by atoms with Gasteiger partial charge < -0.3 is 5.32 Å². The predicted molar refractivity (Wildman–Crippen MR) is 106 cm³/mol. The van der Waals surface area contributed by atoms with E-state index in [-0.39, 0.29) is 21.5 Å². The SMILES string of the molecule is Cc1cc(C(F)(F)F)c(C#N)c(SCc2nnc(C(=O)NCc3ccccc3)s2)n1. The second-order valence-corrected chi connectivity index (χ2v) is 8.08. The second-order valence-electron chi connectivity index (χ2n) is 6.06. The molecule has 1 amide bonds. The van der Waals surface area contributed by atoms with Crippen LogP contribution >= 0.6 is 23.1 Å². The minimum atomic E-state index is -4.65. The van der Waals surface area contributed by atoms with Crippen LogP contribution in [0.4, 0.5) is 13.2 Å². The topological polar surface area (TPSA) is 91.6 Å². The number of carbonyl (C=O) groups excluding carboxylic acids is 1. The second kappa shape index (κ2) is 9.23. The van der Waals surface area contributed by atoms with E-state index in [2.05, 4.69) is 20.5 Å². The highest BCUT2D eigenvalue weighted by Gasteiger charge is 2.35. The number of alkyl halides is 3. The molecule has 1 N–H and O–H groups in total. The Kier molecular flexibility index (Phi) is 6.69. The van der Waals surface area contributed by atoms with Crippen molar-refractivity contribution in [2.45, 2.75) is 30.4 Å². The van der Waals surface area contributed by atoms with E-state index >= 15 is 0 Å². The summed E-state index contributed by atoms with van der Waals surface area (Å²) in [7, 11) is 0. The molecule has 0 fully saturated rings. The van der Waals surface area contributed by atoms with Crippen molar-refractivity contribution in [1.29, 1.82) is 5.26 Å². The highest BCUT2D eigenvalue weighted by Crippen LogP contribution is 2.36. The Balaban J connectivity index is 1.68. The standard InChI is InChI=1S/C19H14F3N5OS2/c1-11-7-14(19(20,21)22)13(8-23)17(25-11)29-10-15-26-27-18(30-15)16(28)24-9-12-5-3-2-4-6-12/h2-7H,9-10H2,1H3,(H,24,28). The quantitative estimate of drug-likeness (QED) is 0.563. The fourth-order valence-electron chi connectivity index (χ4n) is 2.47. The van der Waals surface area contributed by atoms with Crippen molar-refractivity contribution in [3.8, 4) is 6.07 Å². The molecule has 1 aromatic carbocycles. The third kappa shape index (κ3) is 5.34. The smallest absolute Gasteiger partial charge is 0.346 e. The van der Waals surface area contributed by atoms with E-state index in [1.807, 2.05) is 30.3 Å². The lowest BCUT2D eigenvalue weighted by atomic mass is 10.1. The number of hydrogen-bond donors (Lipinski definition) is 1. The summed E-state index contributed by atoms with van der Waals surface area (Å²) in [6, 6.07) is 11.8. The molecule has 3 rings (SSSR count). The normalized spacial score (nSPS) is 11.2. The van der Waals surface area contributed by atoms with Gasteiger partial charge in [-0.15, -0.1) is 10.2 Å². The van der Waals surface area contributed by atoms with Gasteiger partial charge in [-0.3, -0.25) is 4.79 Å². The van der Waals surface area contributed by atoms with E-state index < -0.39 is 23.2 Å². The fraction of sp³-hybridized carbons (Fsp3) is 0.211. The Labute approximate surface area is 178 Å². The third-order valence-corrected chi connectivity index (χ3v) is 5.91. The number of nitrogens with one attached hydrogen (secondary N) is 1. The molecule has 0 radical (unpaired) electrons. The lowest BCUT2D eigenvalue weighted by molar-refractivity contribution is -0.138. The van der Waals surface area contributed by atoms with E-state index in [9.17, 15) is 23.2 Å². The monoisotopic (exact) mass is 449 g/mol. The van der Waals surface area contributed by atoms with E-state index in [0.29, 0.717) is 11.6 Å². The molecule has 6 nitrogen and oxygen atoms in total. The number of nitrogens with zero attached hydrogens (tertiary/aromatic N) is 4. The number of pyridine rings is 1. The molecule has 0 aliphatic rings. The lowest BCUT2D eigenvalue weighted by Crippen LogP contribution is -2.22. The minimum Gasteiger partial charge on any atom is -0.346 e. The summed E-state index contributed by atoms with van der Waals surface area (Å²) in [5.41, 5.74) is -0.454. The van der Waals surface area contributed by atoms with Crippen molar-refractivity contribution >= 4 is 29.0 Å². The number of carbonyl (C=O) groups is 1. The molecule has 0 atom stereocenters. The van der Waals surface area contributed by atoms with Crippen molar-refractivity contribution in [1.82, 2.24) is 20.5 Å². The summed E-state index contributed by atoms with van der Waals surface area (Å²) in [6.45, 7) is 1.77. The predicted octanol–water partition coefficient (Wildman–Crippen LogP) is 4.35. The van der Waals surface area contributed by atoms with Crippen LogP contribution in [0, 0.1) is 18.3 Å². The lowest BCUT2D eigenvalue weighted by Gasteiger charge is -2.12. The van der Waals surface area contributed by atoms with Crippen LogP contribution in [0.15, 0.2) is 41.4 Å². The molecule has 30 heavy (non-hydrogen) atoms. The number of thioether (sulfide) groups is 1. The highest BCUT2D eigenvalue weighted by molar-refractivity contribution is 7.98. The van der Waals surface area contributed by atoms with Gasteiger partial charge in [-0.2, -0.15) is 18.4 Å². The Hall–Kier alpha value is -2.97. The van der Waals surface area contributed by atoms with Crippen molar-refractivity contribution in [3.05, 3.63) is 68.8 Å². The van der Waals surface area contributed by atoms with Crippen LogP contribution in [0.25, 0.3) is 0 Å².